The number of hydrogen-bond donors (Lipinski definition) is 1. The summed E-state index contributed by atoms with van der Waals surface area (Å²) in [5.41, 5.74) is 1.17. The summed E-state index contributed by atoms with van der Waals surface area (Å²) in [4.78, 5) is 5.63. The van der Waals surface area contributed by atoms with Gasteiger partial charge in [0.1, 0.15) is 0 Å². The number of nitrogens with one attached hydrogen (secondary N) is 1. The Morgan fingerprint density at radius 1 is 1.64 bits per heavy atom. The Labute approximate surface area is 86.1 Å². The average molecular weight is 205 g/mol. The van der Waals surface area contributed by atoms with Crippen molar-refractivity contribution in [2.45, 2.75) is 12.5 Å². The second kappa shape index (κ2) is 3.22. The van der Waals surface area contributed by atoms with Gasteiger partial charge >= 0.3 is 0 Å². The minimum Gasteiger partial charge on any atom is -0.307 e. The highest BCUT2D eigenvalue weighted by Gasteiger charge is 2.11. The van der Waals surface area contributed by atoms with Crippen LogP contribution in [0.25, 0.3) is 4.96 Å². The second-order valence-electron chi connectivity index (χ2n) is 3.47. The lowest BCUT2D eigenvalue weighted by Gasteiger charge is -2.05. The Kier molecular flexibility index (Phi) is 1.89. The van der Waals surface area contributed by atoms with Gasteiger partial charge in [-0.15, -0.1) is 11.3 Å². The van der Waals surface area contributed by atoms with E-state index in [4.69, 9.17) is 0 Å². The van der Waals surface area contributed by atoms with E-state index in [0.29, 0.717) is 6.04 Å². The first-order valence-electron chi connectivity index (χ1n) is 4.73. The molecule has 1 aliphatic rings. The lowest BCUT2D eigenvalue weighted by molar-refractivity contribution is 0.658. The van der Waals surface area contributed by atoms with Crippen LogP contribution in [0.4, 0.5) is 0 Å². The minimum atomic E-state index is 0.472. The van der Waals surface area contributed by atoms with Crippen molar-refractivity contribution >= 4 is 16.3 Å². The molecule has 0 amide bonds. The fourth-order valence-corrected chi connectivity index (χ4v) is 2.48. The zero-order valence-corrected chi connectivity index (χ0v) is 8.50. The highest BCUT2D eigenvalue weighted by molar-refractivity contribution is 7.15. The van der Waals surface area contributed by atoms with Gasteiger partial charge in [0.15, 0.2) is 4.96 Å². The molecule has 3 heterocycles. The molecule has 0 fully saturated rings. The van der Waals surface area contributed by atoms with Crippen molar-refractivity contribution in [2.24, 2.45) is 0 Å². The molecule has 0 saturated carbocycles. The van der Waals surface area contributed by atoms with Gasteiger partial charge in [-0.25, -0.2) is 4.98 Å². The van der Waals surface area contributed by atoms with Gasteiger partial charge in [-0.05, 0) is 0 Å². The van der Waals surface area contributed by atoms with Crippen molar-refractivity contribution in [1.29, 1.82) is 0 Å². The summed E-state index contributed by atoms with van der Waals surface area (Å²) in [7, 11) is 0. The average Bonchev–Trinajstić information content (AvgIpc) is 2.78. The van der Waals surface area contributed by atoms with Gasteiger partial charge in [-0.2, -0.15) is 0 Å². The molecule has 2 aromatic heterocycles. The van der Waals surface area contributed by atoms with Gasteiger partial charge in [0.25, 0.3) is 0 Å². The fraction of sp³-hybridized carbons (Fsp3) is 0.300. The van der Waals surface area contributed by atoms with Crippen molar-refractivity contribution < 1.29 is 0 Å². The summed E-state index contributed by atoms with van der Waals surface area (Å²) in [6.45, 7) is 0.993. The van der Waals surface area contributed by atoms with Gasteiger partial charge in [0.2, 0.25) is 0 Å². The van der Waals surface area contributed by atoms with Gasteiger partial charge in [-0.3, -0.25) is 4.40 Å². The van der Waals surface area contributed by atoms with Crippen LogP contribution in [0.2, 0.25) is 0 Å². The van der Waals surface area contributed by atoms with Crippen LogP contribution in [0.3, 0.4) is 0 Å². The quantitative estimate of drug-likeness (QED) is 0.752. The molecule has 0 bridgehead atoms. The maximum Gasteiger partial charge on any atom is 0.193 e. The zero-order chi connectivity index (χ0) is 9.38. The molecule has 1 atom stereocenters. The molecule has 1 aliphatic heterocycles. The summed E-state index contributed by atoms with van der Waals surface area (Å²) < 4.78 is 2.08. The van der Waals surface area contributed by atoms with E-state index >= 15 is 0 Å². The van der Waals surface area contributed by atoms with E-state index in [9.17, 15) is 0 Å². The van der Waals surface area contributed by atoms with Crippen LogP contribution in [-0.2, 0) is 6.42 Å². The van der Waals surface area contributed by atoms with Crippen molar-refractivity contribution in [3.05, 3.63) is 35.6 Å². The lowest BCUT2D eigenvalue weighted by atomic mass is 10.2. The van der Waals surface area contributed by atoms with Gasteiger partial charge in [-0.1, -0.05) is 12.2 Å². The molecule has 3 nitrogen and oxygen atoms in total. The van der Waals surface area contributed by atoms with Crippen LogP contribution in [0.5, 0.6) is 0 Å². The molecule has 3 rings (SSSR count). The van der Waals surface area contributed by atoms with Crippen LogP contribution in [-0.4, -0.2) is 22.0 Å². The molecule has 1 N–H and O–H groups in total. The van der Waals surface area contributed by atoms with Gasteiger partial charge in [0.05, 0.1) is 5.69 Å². The van der Waals surface area contributed by atoms with Gasteiger partial charge in [0, 0.05) is 36.8 Å². The maximum absolute atomic E-state index is 4.54. The second-order valence-corrected chi connectivity index (χ2v) is 4.35. The van der Waals surface area contributed by atoms with Crippen LogP contribution < -0.4 is 5.32 Å². The highest BCUT2D eigenvalue weighted by Crippen LogP contribution is 2.13. The van der Waals surface area contributed by atoms with Crippen molar-refractivity contribution in [1.82, 2.24) is 14.7 Å². The van der Waals surface area contributed by atoms with E-state index in [-0.39, 0.29) is 0 Å². The van der Waals surface area contributed by atoms with Crippen molar-refractivity contribution in [3.8, 4) is 0 Å². The molecular formula is C10H11N3S. The Morgan fingerprint density at radius 2 is 2.64 bits per heavy atom. The number of hydrogen-bond acceptors (Lipinski definition) is 3. The molecule has 1 unspecified atom stereocenters. The number of thiazole rings is 1. The first-order valence-corrected chi connectivity index (χ1v) is 5.61. The smallest absolute Gasteiger partial charge is 0.193 e. The number of aromatic nitrogens is 2. The largest absolute Gasteiger partial charge is 0.307 e. The third-order valence-corrected chi connectivity index (χ3v) is 3.21. The third kappa shape index (κ3) is 1.36. The first-order chi connectivity index (χ1) is 6.92. The van der Waals surface area contributed by atoms with E-state index in [0.717, 1.165) is 17.9 Å². The summed E-state index contributed by atoms with van der Waals surface area (Å²) >= 11 is 1.68. The lowest BCUT2D eigenvalue weighted by Crippen LogP contribution is -2.24. The van der Waals surface area contributed by atoms with Crippen molar-refractivity contribution in [3.63, 3.8) is 0 Å². The fourth-order valence-electron chi connectivity index (χ4n) is 1.76. The summed E-state index contributed by atoms with van der Waals surface area (Å²) in [5.74, 6) is 0. The summed E-state index contributed by atoms with van der Waals surface area (Å²) in [5, 5.41) is 5.44. The molecular weight excluding hydrogens is 194 g/mol. The van der Waals surface area contributed by atoms with Crippen LogP contribution in [0, 0.1) is 0 Å². The predicted molar refractivity (Wildman–Crippen MR) is 57.7 cm³/mol. The van der Waals surface area contributed by atoms with Crippen LogP contribution in [0.1, 0.15) is 5.69 Å². The molecule has 0 aromatic carbocycles. The van der Waals surface area contributed by atoms with E-state index in [1.54, 1.807) is 11.3 Å². The molecule has 0 aliphatic carbocycles. The van der Waals surface area contributed by atoms with E-state index in [1.807, 2.05) is 0 Å². The molecule has 14 heavy (non-hydrogen) atoms. The number of nitrogens with zero attached hydrogens (tertiary/aromatic N) is 2. The van der Waals surface area contributed by atoms with E-state index in [1.165, 1.54) is 5.69 Å². The zero-order valence-electron chi connectivity index (χ0n) is 7.68. The molecule has 0 radical (unpaired) electrons. The standard InChI is InChI=1S/C10H11N3S/c1-2-8(11-3-1)6-9-7-13-4-5-14-10(13)12-9/h1-2,4-5,7-8,11H,3,6H2. The van der Waals surface area contributed by atoms with E-state index in [2.05, 4.69) is 44.6 Å². The van der Waals surface area contributed by atoms with Crippen LogP contribution in [0.15, 0.2) is 29.9 Å². The molecule has 4 heteroatoms. The van der Waals surface area contributed by atoms with Crippen LogP contribution >= 0.6 is 11.3 Å². The number of rotatable bonds is 2. The van der Waals surface area contributed by atoms with Gasteiger partial charge < -0.3 is 5.32 Å². The topological polar surface area (TPSA) is 29.3 Å². The van der Waals surface area contributed by atoms with E-state index < -0.39 is 0 Å². The summed E-state index contributed by atoms with van der Waals surface area (Å²) in [6.07, 6.45) is 9.54. The first kappa shape index (κ1) is 8.20. The monoisotopic (exact) mass is 205 g/mol. The minimum absolute atomic E-state index is 0.472. The Morgan fingerprint density at radius 3 is 3.43 bits per heavy atom. The molecule has 0 saturated heterocycles. The maximum atomic E-state index is 4.54. The highest BCUT2D eigenvalue weighted by atomic mass is 32.1. The third-order valence-electron chi connectivity index (χ3n) is 2.44. The molecule has 0 spiro atoms. The number of fused-ring (bicyclic) bond motifs is 1. The van der Waals surface area contributed by atoms with Crippen molar-refractivity contribution in [2.75, 3.05) is 6.54 Å². The predicted octanol–water partition coefficient (Wildman–Crippen LogP) is 1.47. The summed E-state index contributed by atoms with van der Waals surface area (Å²) in [6, 6.07) is 0.472. The Balaban J connectivity index is 1.84. The molecule has 72 valence electrons. The number of imidazole rings is 1. The Hall–Kier alpha value is -1.13. The normalized spacial score (nSPS) is 21.0. The molecule has 2 aromatic rings. The Bertz CT molecular complexity index is 440. The SMILES string of the molecule is C1=CC(Cc2cn3ccsc3n2)NC1.